The Kier molecular flexibility index (Phi) is 4.81. The van der Waals surface area contributed by atoms with Crippen molar-refractivity contribution in [2.75, 3.05) is 14.2 Å². The molecule has 2 aromatic carbocycles. The number of nitrogens with one attached hydrogen (secondary N) is 1. The van der Waals surface area contributed by atoms with Crippen LogP contribution in [0.4, 0.5) is 0 Å². The van der Waals surface area contributed by atoms with Gasteiger partial charge in [-0.25, -0.2) is 0 Å². The molecule has 1 heterocycles. The normalized spacial score (nSPS) is 18.8. The molecule has 0 bridgehead atoms. The van der Waals surface area contributed by atoms with Crippen molar-refractivity contribution < 1.29 is 9.47 Å². The summed E-state index contributed by atoms with van der Waals surface area (Å²) in [5.74, 6) is 1.60. The van der Waals surface area contributed by atoms with Crippen molar-refractivity contribution >= 4 is 0 Å². The third-order valence-electron chi connectivity index (χ3n) is 5.42. The molecule has 3 nitrogen and oxygen atoms in total. The van der Waals surface area contributed by atoms with Crippen molar-refractivity contribution in [1.82, 2.24) is 5.32 Å². The Morgan fingerprint density at radius 1 is 1.00 bits per heavy atom. The van der Waals surface area contributed by atoms with Gasteiger partial charge in [-0.1, -0.05) is 44.2 Å². The Morgan fingerprint density at radius 3 is 2.21 bits per heavy atom. The van der Waals surface area contributed by atoms with Gasteiger partial charge in [0.25, 0.3) is 0 Å². The van der Waals surface area contributed by atoms with Crippen LogP contribution in [0.2, 0.25) is 0 Å². The highest BCUT2D eigenvalue weighted by Crippen LogP contribution is 2.42. The maximum absolute atomic E-state index is 5.54. The van der Waals surface area contributed by atoms with Crippen LogP contribution in [0.5, 0.6) is 11.5 Å². The van der Waals surface area contributed by atoms with E-state index >= 15 is 0 Å². The van der Waals surface area contributed by atoms with Crippen LogP contribution in [0, 0.1) is 0 Å². The molecule has 0 aliphatic carbocycles. The second kappa shape index (κ2) is 6.86. The lowest BCUT2D eigenvalue weighted by Crippen LogP contribution is -2.51. The molecule has 1 aliphatic heterocycles. The minimum absolute atomic E-state index is 0.118. The number of hydrogen-bond acceptors (Lipinski definition) is 3. The van der Waals surface area contributed by atoms with Gasteiger partial charge in [-0.3, -0.25) is 0 Å². The van der Waals surface area contributed by atoms with Crippen LogP contribution in [0.1, 0.15) is 49.4 Å². The number of methoxy groups -OCH3 is 2. The van der Waals surface area contributed by atoms with E-state index in [0.29, 0.717) is 0 Å². The van der Waals surface area contributed by atoms with Crippen LogP contribution in [0.15, 0.2) is 42.5 Å². The van der Waals surface area contributed by atoms with Crippen LogP contribution in [-0.2, 0) is 6.42 Å². The first-order valence-electron chi connectivity index (χ1n) is 8.73. The summed E-state index contributed by atoms with van der Waals surface area (Å²) >= 11 is 0. The fourth-order valence-corrected chi connectivity index (χ4v) is 3.77. The van der Waals surface area contributed by atoms with Gasteiger partial charge in [0.2, 0.25) is 0 Å². The van der Waals surface area contributed by atoms with E-state index in [-0.39, 0.29) is 11.6 Å². The van der Waals surface area contributed by atoms with Crippen molar-refractivity contribution in [3.63, 3.8) is 0 Å². The Hall–Kier alpha value is -2.00. The lowest BCUT2D eigenvalue weighted by Gasteiger charge is -2.43. The molecule has 0 unspecified atom stereocenters. The van der Waals surface area contributed by atoms with E-state index in [1.807, 2.05) is 0 Å². The summed E-state index contributed by atoms with van der Waals surface area (Å²) in [7, 11) is 3.40. The van der Waals surface area contributed by atoms with E-state index in [1.54, 1.807) is 14.2 Å². The summed E-state index contributed by atoms with van der Waals surface area (Å²) in [5.41, 5.74) is 4.05. The second-order valence-corrected chi connectivity index (χ2v) is 6.56. The van der Waals surface area contributed by atoms with Gasteiger partial charge >= 0.3 is 0 Å². The van der Waals surface area contributed by atoms with Gasteiger partial charge in [0.15, 0.2) is 11.5 Å². The standard InChI is InChI=1S/C21H27NO2/c1-5-21(6-2)14-16-12-18(23-3)19(24-4)13-17(16)20(22-21)15-10-8-7-9-11-15/h7-13,20,22H,5-6,14H2,1-4H3/t20-/m0/s1. The highest BCUT2D eigenvalue weighted by molar-refractivity contribution is 5.52. The Morgan fingerprint density at radius 2 is 1.62 bits per heavy atom. The summed E-state index contributed by atoms with van der Waals surface area (Å²) in [6, 6.07) is 15.1. The molecular formula is C21H27NO2. The van der Waals surface area contributed by atoms with Crippen molar-refractivity contribution in [3.8, 4) is 11.5 Å². The largest absolute Gasteiger partial charge is 0.493 e. The summed E-state index contributed by atoms with van der Waals surface area (Å²) < 4.78 is 11.1. The van der Waals surface area contributed by atoms with Gasteiger partial charge < -0.3 is 14.8 Å². The summed E-state index contributed by atoms with van der Waals surface area (Å²) in [4.78, 5) is 0. The molecule has 0 spiro atoms. The van der Waals surface area contributed by atoms with Gasteiger partial charge in [-0.2, -0.15) is 0 Å². The molecule has 0 saturated carbocycles. The van der Waals surface area contributed by atoms with E-state index in [2.05, 4.69) is 61.6 Å². The second-order valence-electron chi connectivity index (χ2n) is 6.56. The van der Waals surface area contributed by atoms with E-state index in [0.717, 1.165) is 30.8 Å². The minimum Gasteiger partial charge on any atom is -0.493 e. The lowest BCUT2D eigenvalue weighted by atomic mass is 9.76. The molecule has 24 heavy (non-hydrogen) atoms. The van der Waals surface area contributed by atoms with Crippen molar-refractivity contribution in [3.05, 3.63) is 59.2 Å². The van der Waals surface area contributed by atoms with Crippen molar-refractivity contribution in [2.24, 2.45) is 0 Å². The molecule has 2 aromatic rings. The van der Waals surface area contributed by atoms with Crippen LogP contribution in [-0.4, -0.2) is 19.8 Å². The summed E-state index contributed by atoms with van der Waals surface area (Å²) in [6.45, 7) is 4.54. The first-order valence-corrected chi connectivity index (χ1v) is 8.73. The average molecular weight is 325 g/mol. The molecule has 3 heteroatoms. The molecule has 0 fully saturated rings. The first kappa shape index (κ1) is 16.8. The quantitative estimate of drug-likeness (QED) is 0.878. The fraction of sp³-hybridized carbons (Fsp3) is 0.429. The maximum atomic E-state index is 5.54. The van der Waals surface area contributed by atoms with Gasteiger partial charge in [-0.05, 0) is 48.1 Å². The first-order chi connectivity index (χ1) is 11.7. The predicted octanol–water partition coefficient (Wildman–Crippen LogP) is 4.50. The smallest absolute Gasteiger partial charge is 0.161 e. The van der Waals surface area contributed by atoms with E-state index in [1.165, 1.54) is 16.7 Å². The monoisotopic (exact) mass is 325 g/mol. The van der Waals surface area contributed by atoms with Crippen LogP contribution >= 0.6 is 0 Å². The van der Waals surface area contributed by atoms with Gasteiger partial charge in [-0.15, -0.1) is 0 Å². The zero-order valence-corrected chi connectivity index (χ0v) is 15.1. The Balaban J connectivity index is 2.16. The fourth-order valence-electron chi connectivity index (χ4n) is 3.77. The maximum Gasteiger partial charge on any atom is 0.161 e. The Bertz CT molecular complexity index is 692. The molecule has 1 atom stereocenters. The molecule has 0 amide bonds. The highest BCUT2D eigenvalue weighted by atomic mass is 16.5. The van der Waals surface area contributed by atoms with Crippen LogP contribution in [0.3, 0.4) is 0 Å². The lowest BCUT2D eigenvalue weighted by molar-refractivity contribution is 0.257. The van der Waals surface area contributed by atoms with E-state index in [9.17, 15) is 0 Å². The molecule has 1 N–H and O–H groups in total. The van der Waals surface area contributed by atoms with Crippen LogP contribution in [0.25, 0.3) is 0 Å². The molecule has 1 aliphatic rings. The third-order valence-corrected chi connectivity index (χ3v) is 5.42. The molecule has 128 valence electrons. The molecule has 0 radical (unpaired) electrons. The third kappa shape index (κ3) is 2.89. The van der Waals surface area contributed by atoms with Crippen LogP contribution < -0.4 is 14.8 Å². The zero-order chi connectivity index (χ0) is 17.2. The SMILES string of the molecule is CCC1(CC)Cc2cc(OC)c(OC)cc2[C@H](c2ccccc2)N1. The van der Waals surface area contributed by atoms with Crippen molar-refractivity contribution in [2.45, 2.75) is 44.7 Å². The zero-order valence-electron chi connectivity index (χ0n) is 15.1. The molecule has 0 saturated heterocycles. The Labute approximate surface area is 145 Å². The summed E-state index contributed by atoms with van der Waals surface area (Å²) in [5, 5.41) is 3.93. The van der Waals surface area contributed by atoms with Gasteiger partial charge in [0.05, 0.1) is 20.3 Å². The highest BCUT2D eigenvalue weighted by Gasteiger charge is 2.37. The minimum atomic E-state index is 0.118. The average Bonchev–Trinajstić information content (AvgIpc) is 2.66. The number of ether oxygens (including phenoxy) is 2. The molecular weight excluding hydrogens is 298 g/mol. The molecule has 0 aromatic heterocycles. The van der Waals surface area contributed by atoms with E-state index in [4.69, 9.17) is 9.47 Å². The topological polar surface area (TPSA) is 30.5 Å². The number of hydrogen-bond donors (Lipinski definition) is 1. The predicted molar refractivity (Wildman–Crippen MR) is 98.0 cm³/mol. The number of rotatable bonds is 5. The summed E-state index contributed by atoms with van der Waals surface area (Å²) in [6.07, 6.45) is 3.21. The number of fused-ring (bicyclic) bond motifs is 1. The van der Waals surface area contributed by atoms with E-state index < -0.39 is 0 Å². The van der Waals surface area contributed by atoms with Gasteiger partial charge in [0, 0.05) is 5.54 Å². The van der Waals surface area contributed by atoms with Crippen molar-refractivity contribution in [1.29, 1.82) is 0 Å². The van der Waals surface area contributed by atoms with Gasteiger partial charge in [0.1, 0.15) is 0 Å². The molecule has 3 rings (SSSR count). The number of benzene rings is 2.